The minimum absolute atomic E-state index is 0.00939. The lowest BCUT2D eigenvalue weighted by molar-refractivity contribution is -0.133. The molecule has 3 heteroatoms. The van der Waals surface area contributed by atoms with E-state index in [4.69, 9.17) is 4.74 Å². The highest BCUT2D eigenvalue weighted by Gasteiger charge is 2.31. The van der Waals surface area contributed by atoms with Crippen LogP contribution in [0, 0.1) is 5.92 Å². The molecule has 102 valence electrons. The van der Waals surface area contributed by atoms with Gasteiger partial charge in [0.1, 0.15) is 17.3 Å². The number of benzene rings is 1. The van der Waals surface area contributed by atoms with Gasteiger partial charge in [-0.05, 0) is 50.3 Å². The molecule has 0 aromatic heterocycles. The van der Waals surface area contributed by atoms with E-state index in [1.807, 2.05) is 31.2 Å². The van der Waals surface area contributed by atoms with Crippen molar-refractivity contribution in [1.82, 2.24) is 0 Å². The van der Waals surface area contributed by atoms with E-state index in [0.717, 1.165) is 12.2 Å². The molecule has 1 aliphatic rings. The molecule has 2 rings (SSSR count). The van der Waals surface area contributed by atoms with E-state index in [9.17, 15) is 9.59 Å². The van der Waals surface area contributed by atoms with Crippen molar-refractivity contribution in [3.8, 4) is 5.75 Å². The third-order valence-corrected chi connectivity index (χ3v) is 3.79. The second-order valence-corrected chi connectivity index (χ2v) is 5.11. The average Bonchev–Trinajstić information content (AvgIpc) is 2.39. The van der Waals surface area contributed by atoms with Gasteiger partial charge in [-0.25, -0.2) is 0 Å². The maximum Gasteiger partial charge on any atom is 0.143 e. The van der Waals surface area contributed by atoms with E-state index in [1.54, 1.807) is 0 Å². The van der Waals surface area contributed by atoms with Gasteiger partial charge in [0.2, 0.25) is 0 Å². The topological polar surface area (TPSA) is 43.4 Å². The van der Waals surface area contributed by atoms with E-state index in [0.29, 0.717) is 19.4 Å². The van der Waals surface area contributed by atoms with Crippen molar-refractivity contribution in [3.63, 3.8) is 0 Å². The fourth-order valence-corrected chi connectivity index (χ4v) is 2.73. The monoisotopic (exact) mass is 260 g/mol. The minimum atomic E-state index is -0.362. The molecular formula is C16H20O3. The zero-order valence-corrected chi connectivity index (χ0v) is 11.5. The van der Waals surface area contributed by atoms with Crippen molar-refractivity contribution < 1.29 is 14.3 Å². The molecule has 0 spiro atoms. The van der Waals surface area contributed by atoms with Crippen LogP contribution in [0.3, 0.4) is 0 Å². The number of hydrogen-bond donors (Lipinski definition) is 0. The molecule has 1 fully saturated rings. The van der Waals surface area contributed by atoms with Crippen molar-refractivity contribution in [2.45, 2.75) is 39.0 Å². The summed E-state index contributed by atoms with van der Waals surface area (Å²) in [7, 11) is 0. The summed E-state index contributed by atoms with van der Waals surface area (Å²) in [6.45, 7) is 4.12. The lowest BCUT2D eigenvalue weighted by atomic mass is 9.76. The minimum Gasteiger partial charge on any atom is -0.494 e. The molecule has 19 heavy (non-hydrogen) atoms. The first-order valence-electron chi connectivity index (χ1n) is 6.87. The van der Waals surface area contributed by atoms with E-state index in [2.05, 4.69) is 0 Å². The van der Waals surface area contributed by atoms with Crippen LogP contribution in [-0.4, -0.2) is 18.2 Å². The first-order chi connectivity index (χ1) is 9.11. The van der Waals surface area contributed by atoms with Crippen molar-refractivity contribution in [2.75, 3.05) is 6.61 Å². The summed E-state index contributed by atoms with van der Waals surface area (Å²) in [4.78, 5) is 23.3. The van der Waals surface area contributed by atoms with Crippen LogP contribution in [0.25, 0.3) is 0 Å². The molecule has 3 nitrogen and oxygen atoms in total. The number of ether oxygens (including phenoxy) is 1. The highest BCUT2D eigenvalue weighted by Crippen LogP contribution is 2.34. The Balaban J connectivity index is 2.04. The van der Waals surface area contributed by atoms with Crippen LogP contribution in [0.5, 0.6) is 5.75 Å². The molecule has 0 radical (unpaired) electrons. The van der Waals surface area contributed by atoms with Crippen molar-refractivity contribution in [1.29, 1.82) is 0 Å². The molecule has 2 unspecified atom stereocenters. The molecule has 0 amide bonds. The van der Waals surface area contributed by atoms with Crippen LogP contribution < -0.4 is 4.74 Å². The molecule has 0 heterocycles. The zero-order valence-electron chi connectivity index (χ0n) is 11.5. The van der Waals surface area contributed by atoms with Gasteiger partial charge in [-0.2, -0.15) is 0 Å². The Labute approximate surface area is 114 Å². The third-order valence-electron chi connectivity index (χ3n) is 3.79. The van der Waals surface area contributed by atoms with Gasteiger partial charge in [0.25, 0.3) is 0 Å². The summed E-state index contributed by atoms with van der Waals surface area (Å²) in [6.07, 6.45) is 2.08. The van der Waals surface area contributed by atoms with E-state index >= 15 is 0 Å². The van der Waals surface area contributed by atoms with E-state index in [1.165, 1.54) is 12.5 Å². The van der Waals surface area contributed by atoms with Gasteiger partial charge in [0, 0.05) is 6.42 Å². The summed E-state index contributed by atoms with van der Waals surface area (Å²) in [5.41, 5.74) is 1.17. The first kappa shape index (κ1) is 13.8. The van der Waals surface area contributed by atoms with Crippen LogP contribution in [0.15, 0.2) is 24.3 Å². The Bertz CT molecular complexity index is 461. The highest BCUT2D eigenvalue weighted by atomic mass is 16.5. The zero-order chi connectivity index (χ0) is 13.8. The third kappa shape index (κ3) is 3.22. The average molecular weight is 260 g/mol. The Morgan fingerprint density at radius 3 is 2.47 bits per heavy atom. The summed E-state index contributed by atoms with van der Waals surface area (Å²) in [5, 5.41) is 0. The molecule has 0 N–H and O–H groups in total. The van der Waals surface area contributed by atoms with Crippen molar-refractivity contribution in [3.05, 3.63) is 29.8 Å². The van der Waals surface area contributed by atoms with Gasteiger partial charge in [0.15, 0.2) is 0 Å². The van der Waals surface area contributed by atoms with Gasteiger partial charge in [-0.3, -0.25) is 9.59 Å². The van der Waals surface area contributed by atoms with Crippen LogP contribution in [-0.2, 0) is 9.59 Å². The second-order valence-electron chi connectivity index (χ2n) is 5.11. The summed E-state index contributed by atoms with van der Waals surface area (Å²) in [6, 6.07) is 7.94. The first-order valence-corrected chi connectivity index (χ1v) is 6.87. The SMILES string of the molecule is CCOc1ccc(C2CCC(C(C)=O)C(=O)C2)cc1. The van der Waals surface area contributed by atoms with Gasteiger partial charge < -0.3 is 4.74 Å². The lowest BCUT2D eigenvalue weighted by Gasteiger charge is -2.26. The summed E-state index contributed by atoms with van der Waals surface area (Å²) in [5.74, 6) is 0.848. The van der Waals surface area contributed by atoms with Gasteiger partial charge >= 0.3 is 0 Å². The summed E-state index contributed by atoms with van der Waals surface area (Å²) >= 11 is 0. The molecule has 1 aromatic rings. The predicted molar refractivity (Wildman–Crippen MR) is 73.4 cm³/mol. The predicted octanol–water partition coefficient (Wildman–Crippen LogP) is 3.13. The van der Waals surface area contributed by atoms with Crippen LogP contribution >= 0.6 is 0 Å². The Morgan fingerprint density at radius 1 is 1.26 bits per heavy atom. The fourth-order valence-electron chi connectivity index (χ4n) is 2.73. The van der Waals surface area contributed by atoms with Gasteiger partial charge in [-0.15, -0.1) is 0 Å². The normalized spacial score (nSPS) is 23.2. The molecule has 0 aliphatic heterocycles. The quantitative estimate of drug-likeness (QED) is 0.781. The Kier molecular flexibility index (Phi) is 4.35. The fraction of sp³-hybridized carbons (Fsp3) is 0.500. The summed E-state index contributed by atoms with van der Waals surface area (Å²) < 4.78 is 5.41. The van der Waals surface area contributed by atoms with Crippen LogP contribution in [0.4, 0.5) is 0 Å². The largest absolute Gasteiger partial charge is 0.494 e. The van der Waals surface area contributed by atoms with Crippen molar-refractivity contribution in [2.24, 2.45) is 5.92 Å². The van der Waals surface area contributed by atoms with E-state index in [-0.39, 0.29) is 23.4 Å². The molecule has 0 bridgehead atoms. The standard InChI is InChI=1S/C16H20O3/c1-3-19-14-7-4-12(5-8-14)13-6-9-15(11(2)17)16(18)10-13/h4-5,7-8,13,15H,3,6,9-10H2,1-2H3. The number of rotatable bonds is 4. The molecule has 1 aliphatic carbocycles. The van der Waals surface area contributed by atoms with Crippen LogP contribution in [0.1, 0.15) is 44.6 Å². The maximum absolute atomic E-state index is 11.9. The molecular weight excluding hydrogens is 240 g/mol. The Hall–Kier alpha value is -1.64. The molecule has 1 saturated carbocycles. The Morgan fingerprint density at radius 2 is 1.95 bits per heavy atom. The highest BCUT2D eigenvalue weighted by molar-refractivity contribution is 6.02. The molecule has 2 atom stereocenters. The van der Waals surface area contributed by atoms with Crippen LogP contribution in [0.2, 0.25) is 0 Å². The van der Waals surface area contributed by atoms with E-state index < -0.39 is 0 Å². The van der Waals surface area contributed by atoms with Crippen molar-refractivity contribution >= 4 is 11.6 Å². The van der Waals surface area contributed by atoms with Gasteiger partial charge in [-0.1, -0.05) is 12.1 Å². The molecule has 0 saturated heterocycles. The second kappa shape index (κ2) is 6.00. The number of ketones is 2. The lowest BCUT2D eigenvalue weighted by Crippen LogP contribution is -2.28. The number of carbonyl (C=O) groups excluding carboxylic acids is 2. The van der Waals surface area contributed by atoms with Gasteiger partial charge in [0.05, 0.1) is 12.5 Å². The maximum atomic E-state index is 11.9. The number of Topliss-reactive ketones (excluding diaryl/α,β-unsaturated/α-hetero) is 2. The smallest absolute Gasteiger partial charge is 0.143 e. The number of carbonyl (C=O) groups is 2. The number of hydrogen-bond acceptors (Lipinski definition) is 3. The molecule has 1 aromatic carbocycles.